The lowest BCUT2D eigenvalue weighted by atomic mass is 9.98. The summed E-state index contributed by atoms with van der Waals surface area (Å²) >= 11 is 8.93. The lowest BCUT2D eigenvalue weighted by Crippen LogP contribution is -2.19. The van der Waals surface area contributed by atoms with E-state index in [9.17, 15) is 14.7 Å². The van der Waals surface area contributed by atoms with Gasteiger partial charge in [-0.25, -0.2) is 4.79 Å². The fourth-order valence-electron chi connectivity index (χ4n) is 1.37. The topological polar surface area (TPSA) is 74.6 Å². The molecule has 92 valence electrons. The summed E-state index contributed by atoms with van der Waals surface area (Å²) in [5.41, 5.74) is 0.0368. The van der Waals surface area contributed by atoms with Crippen LogP contribution in [0.3, 0.4) is 0 Å². The van der Waals surface area contributed by atoms with Crippen molar-refractivity contribution in [1.82, 2.24) is 0 Å². The van der Waals surface area contributed by atoms with Crippen molar-refractivity contribution in [3.63, 3.8) is 0 Å². The highest BCUT2D eigenvalue weighted by Gasteiger charge is 2.26. The van der Waals surface area contributed by atoms with Crippen LogP contribution in [0.15, 0.2) is 18.2 Å². The van der Waals surface area contributed by atoms with Gasteiger partial charge in [0.1, 0.15) is 0 Å². The summed E-state index contributed by atoms with van der Waals surface area (Å²) in [4.78, 5) is 22.1. The monoisotopic (exact) mass is 320 g/mol. The molecule has 0 bridgehead atoms. The van der Waals surface area contributed by atoms with E-state index in [1.165, 1.54) is 18.2 Å². The molecule has 0 spiro atoms. The Bertz CT molecular complexity index is 459. The van der Waals surface area contributed by atoms with Crippen LogP contribution in [0.5, 0.6) is 0 Å². The van der Waals surface area contributed by atoms with Crippen LogP contribution in [0.2, 0.25) is 5.02 Å². The first-order valence-corrected chi connectivity index (χ1v) is 6.03. The van der Waals surface area contributed by atoms with Gasteiger partial charge in [0.05, 0.1) is 4.83 Å². The first-order chi connectivity index (χ1) is 7.86. The van der Waals surface area contributed by atoms with E-state index in [-0.39, 0.29) is 21.9 Å². The third kappa shape index (κ3) is 3.06. The number of carbonyl (C=O) groups excluding carboxylic acids is 1. The van der Waals surface area contributed by atoms with Crippen LogP contribution in [0.1, 0.15) is 28.9 Å². The summed E-state index contributed by atoms with van der Waals surface area (Å²) in [6.45, 7) is 1.61. The number of halogens is 2. The van der Waals surface area contributed by atoms with Gasteiger partial charge in [-0.2, -0.15) is 0 Å². The van der Waals surface area contributed by atoms with E-state index in [4.69, 9.17) is 16.7 Å². The molecule has 0 aromatic heterocycles. The number of aliphatic hydroxyl groups excluding tert-OH is 1. The third-order valence-electron chi connectivity index (χ3n) is 2.19. The molecule has 4 nitrogen and oxygen atoms in total. The number of rotatable bonds is 4. The van der Waals surface area contributed by atoms with Gasteiger partial charge in [0, 0.05) is 16.1 Å². The van der Waals surface area contributed by atoms with Crippen LogP contribution >= 0.6 is 27.5 Å². The average Bonchev–Trinajstić information content (AvgIpc) is 2.26. The van der Waals surface area contributed by atoms with Crippen LogP contribution in [-0.4, -0.2) is 26.8 Å². The van der Waals surface area contributed by atoms with Crippen molar-refractivity contribution in [2.45, 2.75) is 17.9 Å². The fourth-order valence-corrected chi connectivity index (χ4v) is 1.89. The van der Waals surface area contributed by atoms with Gasteiger partial charge in [0.15, 0.2) is 11.9 Å². The molecule has 0 saturated carbocycles. The minimum atomic E-state index is -1.81. The molecular weight excluding hydrogens is 311 g/mol. The highest BCUT2D eigenvalue weighted by Crippen LogP contribution is 2.28. The molecule has 1 aromatic carbocycles. The quantitative estimate of drug-likeness (QED) is 0.660. The largest absolute Gasteiger partial charge is 0.479 e. The summed E-state index contributed by atoms with van der Waals surface area (Å²) in [5, 5.41) is 18.4. The first kappa shape index (κ1) is 14.2. The number of aliphatic carboxylic acids is 1. The van der Waals surface area contributed by atoms with Crippen molar-refractivity contribution in [3.8, 4) is 0 Å². The Kier molecular flexibility index (Phi) is 4.68. The number of ketones is 1. The maximum Gasteiger partial charge on any atom is 0.337 e. The van der Waals surface area contributed by atoms with Crippen LogP contribution in [0.25, 0.3) is 0 Å². The summed E-state index contributed by atoms with van der Waals surface area (Å²) < 4.78 is 0. The number of alkyl halides is 1. The van der Waals surface area contributed by atoms with E-state index in [1.54, 1.807) is 6.92 Å². The highest BCUT2D eigenvalue weighted by atomic mass is 79.9. The number of carboxylic acid groups (broad SMARTS) is 1. The lowest BCUT2D eigenvalue weighted by molar-refractivity contribution is -0.146. The smallest absolute Gasteiger partial charge is 0.337 e. The lowest BCUT2D eigenvalue weighted by Gasteiger charge is -2.14. The second kappa shape index (κ2) is 5.62. The van der Waals surface area contributed by atoms with Crippen molar-refractivity contribution in [1.29, 1.82) is 0 Å². The maximum atomic E-state index is 11.8. The predicted octanol–water partition coefficient (Wildman–Crippen LogP) is 2.42. The van der Waals surface area contributed by atoms with Gasteiger partial charge < -0.3 is 10.2 Å². The predicted molar refractivity (Wildman–Crippen MR) is 66.8 cm³/mol. The van der Waals surface area contributed by atoms with Gasteiger partial charge >= 0.3 is 5.97 Å². The number of hydrogen-bond donors (Lipinski definition) is 2. The van der Waals surface area contributed by atoms with Crippen molar-refractivity contribution in [3.05, 3.63) is 34.3 Å². The van der Waals surface area contributed by atoms with Gasteiger partial charge in [-0.15, -0.1) is 0 Å². The number of Topliss-reactive ketones (excluding diaryl/α,β-unsaturated/α-hetero) is 1. The van der Waals surface area contributed by atoms with Crippen molar-refractivity contribution < 1.29 is 19.8 Å². The standard InChI is InChI=1S/C11H10BrClO4/c1-5(12)9(14)6-3-2-4-7(13)8(6)10(15)11(16)17/h2-5,10,15H,1H3,(H,16,17). The van der Waals surface area contributed by atoms with Gasteiger partial charge in [-0.05, 0) is 13.0 Å². The Balaban J connectivity index is 3.36. The first-order valence-electron chi connectivity index (χ1n) is 4.73. The zero-order valence-corrected chi connectivity index (χ0v) is 11.2. The Labute approximate surface area is 111 Å². The molecule has 1 aromatic rings. The number of carbonyl (C=O) groups is 2. The Morgan fingerprint density at radius 3 is 2.47 bits per heavy atom. The molecule has 2 N–H and O–H groups in total. The second-order valence-corrected chi connectivity index (χ2v) is 5.20. The SMILES string of the molecule is CC(Br)C(=O)c1cccc(Cl)c1C(O)C(=O)O. The normalized spacial score (nSPS) is 14.1. The second-order valence-electron chi connectivity index (χ2n) is 3.42. The van der Waals surface area contributed by atoms with E-state index in [1.807, 2.05) is 0 Å². The van der Waals surface area contributed by atoms with E-state index >= 15 is 0 Å². The van der Waals surface area contributed by atoms with Crippen molar-refractivity contribution >= 4 is 39.3 Å². The van der Waals surface area contributed by atoms with E-state index in [0.29, 0.717) is 0 Å². The molecule has 0 fully saturated rings. The molecule has 0 heterocycles. The number of benzene rings is 1. The minimum Gasteiger partial charge on any atom is -0.479 e. The highest BCUT2D eigenvalue weighted by molar-refractivity contribution is 9.10. The molecule has 1 rings (SSSR count). The number of aliphatic hydroxyl groups is 1. The minimum absolute atomic E-state index is 0.0545. The molecule has 2 atom stereocenters. The van der Waals surface area contributed by atoms with Crippen LogP contribution in [-0.2, 0) is 4.79 Å². The van der Waals surface area contributed by atoms with Crippen LogP contribution < -0.4 is 0 Å². The number of carboxylic acids is 1. The molecule has 0 aliphatic carbocycles. The van der Waals surface area contributed by atoms with E-state index in [0.717, 1.165) is 0 Å². The summed E-state index contributed by atoms with van der Waals surface area (Å²) in [6, 6.07) is 4.40. The number of hydrogen-bond acceptors (Lipinski definition) is 3. The van der Waals surface area contributed by atoms with Gasteiger partial charge in [0.25, 0.3) is 0 Å². The van der Waals surface area contributed by atoms with Crippen LogP contribution in [0, 0.1) is 0 Å². The third-order valence-corrected chi connectivity index (χ3v) is 2.93. The Morgan fingerprint density at radius 1 is 1.41 bits per heavy atom. The molecule has 0 radical (unpaired) electrons. The fraction of sp³-hybridized carbons (Fsp3) is 0.273. The van der Waals surface area contributed by atoms with Crippen LogP contribution in [0.4, 0.5) is 0 Å². The molecule has 2 unspecified atom stereocenters. The maximum absolute atomic E-state index is 11.8. The summed E-state index contributed by atoms with van der Waals surface area (Å²) in [5.74, 6) is -1.78. The zero-order chi connectivity index (χ0) is 13.2. The van der Waals surface area contributed by atoms with Crippen molar-refractivity contribution in [2.75, 3.05) is 0 Å². The van der Waals surface area contributed by atoms with Gasteiger partial charge in [0.2, 0.25) is 0 Å². The van der Waals surface area contributed by atoms with Gasteiger partial charge in [-0.3, -0.25) is 4.79 Å². The van der Waals surface area contributed by atoms with E-state index in [2.05, 4.69) is 15.9 Å². The van der Waals surface area contributed by atoms with Gasteiger partial charge in [-0.1, -0.05) is 39.7 Å². The molecule has 6 heteroatoms. The summed E-state index contributed by atoms with van der Waals surface area (Å²) in [7, 11) is 0. The molecular formula is C11H10BrClO4. The molecule has 0 saturated heterocycles. The van der Waals surface area contributed by atoms with E-state index < -0.39 is 16.9 Å². The molecule has 0 aliphatic rings. The van der Waals surface area contributed by atoms with Crippen molar-refractivity contribution in [2.24, 2.45) is 0 Å². The molecule has 0 aliphatic heterocycles. The molecule has 0 amide bonds. The Hall–Kier alpha value is -0.910. The molecule has 17 heavy (non-hydrogen) atoms. The summed E-state index contributed by atoms with van der Waals surface area (Å²) in [6.07, 6.45) is -1.81. The average molecular weight is 322 g/mol. The Morgan fingerprint density at radius 2 is 2.00 bits per heavy atom. The zero-order valence-electron chi connectivity index (χ0n) is 8.85.